The van der Waals surface area contributed by atoms with Gasteiger partial charge in [0.15, 0.2) is 0 Å². The van der Waals surface area contributed by atoms with Gasteiger partial charge in [0.05, 0.1) is 0 Å². The summed E-state index contributed by atoms with van der Waals surface area (Å²) >= 11 is 3.65. The van der Waals surface area contributed by atoms with Gasteiger partial charge in [-0.2, -0.15) is 0 Å². The van der Waals surface area contributed by atoms with Gasteiger partial charge in [0.25, 0.3) is 0 Å². The van der Waals surface area contributed by atoms with E-state index in [1.165, 1.54) is 15.6 Å². The van der Waals surface area contributed by atoms with E-state index in [0.29, 0.717) is 30.8 Å². The molecule has 1 aromatic carbocycles. The lowest BCUT2D eigenvalue weighted by Crippen LogP contribution is -2.31. The Kier molecular flexibility index (Phi) is 5.63. The molecule has 0 bridgehead atoms. The lowest BCUT2D eigenvalue weighted by atomic mass is 9.80. The second-order valence-electron chi connectivity index (χ2n) is 4.90. The maximum absolute atomic E-state index is 5.77. The maximum atomic E-state index is 5.77. The van der Waals surface area contributed by atoms with E-state index in [0.717, 1.165) is 0 Å². The highest BCUT2D eigenvalue weighted by molar-refractivity contribution is 9.10. The molecule has 1 aromatic rings. The largest absolute Gasteiger partial charge is 0.330 e. The molecule has 0 spiro atoms. The first-order chi connectivity index (χ1) is 8.01. The highest BCUT2D eigenvalue weighted by Crippen LogP contribution is 2.33. The van der Waals surface area contributed by atoms with E-state index in [1.807, 2.05) is 0 Å². The monoisotopic (exact) mass is 298 g/mol. The minimum Gasteiger partial charge on any atom is -0.330 e. The molecule has 2 nitrogen and oxygen atoms in total. The van der Waals surface area contributed by atoms with Crippen LogP contribution in [-0.4, -0.2) is 13.1 Å². The van der Waals surface area contributed by atoms with Crippen molar-refractivity contribution in [3.8, 4) is 0 Å². The van der Waals surface area contributed by atoms with E-state index >= 15 is 0 Å². The van der Waals surface area contributed by atoms with Crippen LogP contribution in [0.5, 0.6) is 0 Å². The average molecular weight is 299 g/mol. The van der Waals surface area contributed by atoms with Crippen LogP contribution in [-0.2, 0) is 0 Å². The third-order valence-corrected chi connectivity index (χ3v) is 4.47. The number of rotatable bonds is 5. The Balaban J connectivity index is 2.91. The summed E-state index contributed by atoms with van der Waals surface area (Å²) in [5, 5.41) is 0. The van der Waals surface area contributed by atoms with Gasteiger partial charge in [-0.3, -0.25) is 0 Å². The first-order valence-electron chi connectivity index (χ1n) is 6.17. The van der Waals surface area contributed by atoms with Crippen LogP contribution < -0.4 is 11.5 Å². The van der Waals surface area contributed by atoms with Gasteiger partial charge >= 0.3 is 0 Å². The van der Waals surface area contributed by atoms with Gasteiger partial charge in [-0.15, -0.1) is 0 Å². The van der Waals surface area contributed by atoms with Gasteiger partial charge in [0, 0.05) is 4.47 Å². The van der Waals surface area contributed by atoms with Gasteiger partial charge in [-0.25, -0.2) is 0 Å². The first-order valence-corrected chi connectivity index (χ1v) is 6.96. The standard InChI is InChI=1S/C14H23BrN2/c1-9-4-5-13(14(15)6-9)11(3)10(2)12(7-16)8-17/h4-6,10-12H,7-8,16-17H2,1-3H3. The van der Waals surface area contributed by atoms with Gasteiger partial charge in [-0.05, 0) is 55.0 Å². The summed E-state index contributed by atoms with van der Waals surface area (Å²) < 4.78 is 1.18. The Bertz CT molecular complexity index is 361. The molecular formula is C14H23BrN2. The minimum atomic E-state index is 0.387. The van der Waals surface area contributed by atoms with E-state index in [2.05, 4.69) is 54.9 Å². The molecule has 2 unspecified atom stereocenters. The number of hydrogen-bond donors (Lipinski definition) is 2. The Morgan fingerprint density at radius 3 is 2.24 bits per heavy atom. The van der Waals surface area contributed by atoms with Crippen molar-refractivity contribution in [2.75, 3.05) is 13.1 Å². The van der Waals surface area contributed by atoms with Crippen molar-refractivity contribution >= 4 is 15.9 Å². The summed E-state index contributed by atoms with van der Waals surface area (Å²) in [6.45, 7) is 7.90. The van der Waals surface area contributed by atoms with Crippen LogP contribution in [0.25, 0.3) is 0 Å². The molecule has 0 aromatic heterocycles. The number of nitrogens with two attached hydrogens (primary N) is 2. The molecule has 0 aliphatic heterocycles. The topological polar surface area (TPSA) is 52.0 Å². The molecule has 0 radical (unpaired) electrons. The van der Waals surface area contributed by atoms with Crippen LogP contribution in [0.2, 0.25) is 0 Å². The van der Waals surface area contributed by atoms with Crippen molar-refractivity contribution in [1.29, 1.82) is 0 Å². The fourth-order valence-corrected chi connectivity index (χ4v) is 3.07. The van der Waals surface area contributed by atoms with Crippen molar-refractivity contribution in [2.24, 2.45) is 23.3 Å². The Hall–Kier alpha value is -0.380. The van der Waals surface area contributed by atoms with Crippen molar-refractivity contribution in [3.05, 3.63) is 33.8 Å². The number of aryl methyl sites for hydroxylation is 1. The smallest absolute Gasteiger partial charge is 0.0212 e. The Labute approximate surface area is 113 Å². The summed E-state index contributed by atoms with van der Waals surface area (Å²) in [5.74, 6) is 1.34. The van der Waals surface area contributed by atoms with Gasteiger partial charge < -0.3 is 11.5 Å². The van der Waals surface area contributed by atoms with Crippen molar-refractivity contribution in [3.63, 3.8) is 0 Å². The number of halogens is 1. The molecule has 2 atom stereocenters. The molecule has 0 amide bonds. The zero-order valence-electron chi connectivity index (χ0n) is 10.9. The molecule has 0 heterocycles. The fourth-order valence-electron chi connectivity index (χ4n) is 2.22. The molecule has 0 fully saturated rings. The SMILES string of the molecule is Cc1ccc(C(C)C(C)C(CN)CN)c(Br)c1. The molecule has 0 aliphatic rings. The lowest BCUT2D eigenvalue weighted by molar-refractivity contribution is 0.328. The van der Waals surface area contributed by atoms with Crippen LogP contribution in [0.4, 0.5) is 0 Å². The molecular weight excluding hydrogens is 276 g/mol. The average Bonchev–Trinajstić information content (AvgIpc) is 2.29. The van der Waals surface area contributed by atoms with E-state index < -0.39 is 0 Å². The molecule has 0 saturated heterocycles. The molecule has 0 saturated carbocycles. The van der Waals surface area contributed by atoms with Crippen molar-refractivity contribution < 1.29 is 0 Å². The van der Waals surface area contributed by atoms with E-state index in [1.54, 1.807) is 0 Å². The Morgan fingerprint density at radius 2 is 1.76 bits per heavy atom. The summed E-state index contributed by atoms with van der Waals surface area (Å²) in [6, 6.07) is 6.52. The van der Waals surface area contributed by atoms with Crippen molar-refractivity contribution in [2.45, 2.75) is 26.7 Å². The Morgan fingerprint density at radius 1 is 1.18 bits per heavy atom. The van der Waals surface area contributed by atoms with Crippen LogP contribution in [0.3, 0.4) is 0 Å². The van der Waals surface area contributed by atoms with Crippen LogP contribution in [0, 0.1) is 18.8 Å². The molecule has 4 N–H and O–H groups in total. The minimum absolute atomic E-state index is 0.387. The highest BCUT2D eigenvalue weighted by Gasteiger charge is 2.23. The summed E-state index contributed by atoms with van der Waals surface area (Å²) in [6.07, 6.45) is 0. The fraction of sp³-hybridized carbons (Fsp3) is 0.571. The number of hydrogen-bond acceptors (Lipinski definition) is 2. The molecule has 1 rings (SSSR count). The second kappa shape index (κ2) is 6.53. The predicted octanol–water partition coefficient (Wildman–Crippen LogP) is 3.03. The lowest BCUT2D eigenvalue weighted by Gasteiger charge is -2.28. The van der Waals surface area contributed by atoms with Crippen LogP contribution in [0.15, 0.2) is 22.7 Å². The normalized spacial score (nSPS) is 15.0. The predicted molar refractivity (Wildman–Crippen MR) is 78.1 cm³/mol. The molecule has 3 heteroatoms. The van der Waals surface area contributed by atoms with Crippen LogP contribution in [0.1, 0.15) is 30.9 Å². The molecule has 17 heavy (non-hydrogen) atoms. The van der Waals surface area contributed by atoms with E-state index in [9.17, 15) is 0 Å². The third-order valence-electron chi connectivity index (χ3n) is 3.78. The molecule has 0 aliphatic carbocycles. The maximum Gasteiger partial charge on any atom is 0.0212 e. The third kappa shape index (κ3) is 3.54. The summed E-state index contributed by atoms with van der Waals surface area (Å²) in [5.41, 5.74) is 14.2. The van der Waals surface area contributed by atoms with Gasteiger partial charge in [-0.1, -0.05) is 41.9 Å². The first kappa shape index (κ1) is 14.7. The summed E-state index contributed by atoms with van der Waals surface area (Å²) in [4.78, 5) is 0. The van der Waals surface area contributed by atoms with Gasteiger partial charge in [0.2, 0.25) is 0 Å². The number of benzene rings is 1. The van der Waals surface area contributed by atoms with Gasteiger partial charge in [0.1, 0.15) is 0 Å². The summed E-state index contributed by atoms with van der Waals surface area (Å²) in [7, 11) is 0. The molecule has 96 valence electrons. The zero-order chi connectivity index (χ0) is 13.0. The quantitative estimate of drug-likeness (QED) is 0.878. The van der Waals surface area contributed by atoms with Crippen molar-refractivity contribution in [1.82, 2.24) is 0 Å². The zero-order valence-corrected chi connectivity index (χ0v) is 12.5. The van der Waals surface area contributed by atoms with Crippen LogP contribution >= 0.6 is 15.9 Å². The second-order valence-corrected chi connectivity index (χ2v) is 5.76. The highest BCUT2D eigenvalue weighted by atomic mass is 79.9. The van der Waals surface area contributed by atoms with E-state index in [-0.39, 0.29) is 0 Å². The van der Waals surface area contributed by atoms with E-state index in [4.69, 9.17) is 11.5 Å².